The predicted octanol–water partition coefficient (Wildman–Crippen LogP) is 5.20. The van der Waals surface area contributed by atoms with Gasteiger partial charge in [0.25, 0.3) is 0 Å². The van der Waals surface area contributed by atoms with E-state index in [0.29, 0.717) is 11.3 Å². The highest BCUT2D eigenvalue weighted by Crippen LogP contribution is 2.44. The fourth-order valence-electron chi connectivity index (χ4n) is 4.21. The molecule has 1 heteroatoms. The zero-order valence-corrected chi connectivity index (χ0v) is 12.9. The van der Waals surface area contributed by atoms with Crippen LogP contribution in [0.3, 0.4) is 0 Å². The lowest BCUT2D eigenvalue weighted by atomic mass is 9.68. The summed E-state index contributed by atoms with van der Waals surface area (Å²) < 4.78 is 0. The molecule has 1 fully saturated rings. The minimum absolute atomic E-state index is 0.603. The Bertz CT molecular complexity index is 284. The van der Waals surface area contributed by atoms with Gasteiger partial charge in [-0.15, -0.1) is 0 Å². The topological polar surface area (TPSA) is 26.0 Å². The summed E-state index contributed by atoms with van der Waals surface area (Å²) in [6, 6.07) is 0. The van der Waals surface area contributed by atoms with Crippen LogP contribution in [-0.4, -0.2) is 6.54 Å². The maximum absolute atomic E-state index is 5.83. The Morgan fingerprint density at radius 3 is 2.32 bits per heavy atom. The van der Waals surface area contributed by atoms with Gasteiger partial charge in [0.15, 0.2) is 0 Å². The number of allylic oxidation sites excluding steroid dienone is 1. The van der Waals surface area contributed by atoms with Crippen LogP contribution in [0.2, 0.25) is 0 Å². The highest BCUT2D eigenvalue weighted by molar-refractivity contribution is 5.08. The van der Waals surface area contributed by atoms with Crippen molar-refractivity contribution in [3.8, 4) is 0 Å². The van der Waals surface area contributed by atoms with Gasteiger partial charge in [-0.25, -0.2) is 0 Å². The van der Waals surface area contributed by atoms with Crippen LogP contribution in [0.4, 0.5) is 0 Å². The first-order chi connectivity index (χ1) is 9.26. The van der Waals surface area contributed by atoms with Crippen molar-refractivity contribution in [1.82, 2.24) is 0 Å². The fraction of sp³-hybridized carbons (Fsp3) is 0.889. The normalized spacial score (nSPS) is 29.5. The van der Waals surface area contributed by atoms with Gasteiger partial charge in [0.2, 0.25) is 0 Å². The Morgan fingerprint density at radius 1 is 1.00 bits per heavy atom. The average Bonchev–Trinajstić information content (AvgIpc) is 2.36. The molecule has 110 valence electrons. The van der Waals surface area contributed by atoms with Crippen molar-refractivity contribution in [2.45, 2.75) is 84.0 Å². The molecule has 19 heavy (non-hydrogen) atoms. The largest absolute Gasteiger partial charge is 0.330 e. The van der Waals surface area contributed by atoms with Gasteiger partial charge < -0.3 is 5.73 Å². The Hall–Kier alpha value is -0.300. The Morgan fingerprint density at radius 2 is 1.63 bits per heavy atom. The third kappa shape index (κ3) is 4.34. The fourth-order valence-corrected chi connectivity index (χ4v) is 4.21. The molecule has 0 bridgehead atoms. The molecule has 0 aromatic carbocycles. The summed E-state index contributed by atoms with van der Waals surface area (Å²) in [5.74, 6) is 0.603. The SMILES string of the molecule is CC(CN)/C1=C/CCC2(CCCCCCC2)CCC1. The molecule has 1 nitrogen and oxygen atoms in total. The summed E-state index contributed by atoms with van der Waals surface area (Å²) in [6.07, 6.45) is 19.9. The van der Waals surface area contributed by atoms with E-state index in [1.54, 1.807) is 5.57 Å². The third-order valence-corrected chi connectivity index (χ3v) is 5.65. The molecule has 2 rings (SSSR count). The molecule has 2 aliphatic carbocycles. The lowest BCUT2D eigenvalue weighted by Gasteiger charge is -2.37. The molecule has 1 spiro atoms. The van der Waals surface area contributed by atoms with E-state index in [4.69, 9.17) is 5.73 Å². The van der Waals surface area contributed by atoms with Crippen molar-refractivity contribution in [2.24, 2.45) is 17.1 Å². The molecular weight excluding hydrogens is 230 g/mol. The lowest BCUT2D eigenvalue weighted by Crippen LogP contribution is -2.24. The van der Waals surface area contributed by atoms with E-state index in [-0.39, 0.29) is 0 Å². The molecule has 1 unspecified atom stereocenters. The minimum atomic E-state index is 0.603. The highest BCUT2D eigenvalue weighted by Gasteiger charge is 2.30. The van der Waals surface area contributed by atoms with Crippen molar-refractivity contribution < 1.29 is 0 Å². The molecule has 1 saturated carbocycles. The number of rotatable bonds is 2. The zero-order chi connectivity index (χ0) is 13.6. The van der Waals surface area contributed by atoms with Crippen LogP contribution in [0.1, 0.15) is 84.0 Å². The first kappa shape index (κ1) is 15.1. The molecule has 2 aliphatic rings. The standard InChI is InChI=1S/C18H33N/c1-16(15-19)17-9-7-13-18(14-8-10-17)11-5-3-2-4-6-12-18/h9,16H,2-8,10-15,19H2,1H3/b17-9+. The van der Waals surface area contributed by atoms with Crippen LogP contribution in [0.5, 0.6) is 0 Å². The second kappa shape index (κ2) is 7.47. The Kier molecular flexibility index (Phi) is 5.94. The summed E-state index contributed by atoms with van der Waals surface area (Å²) in [4.78, 5) is 0. The van der Waals surface area contributed by atoms with E-state index in [9.17, 15) is 0 Å². The molecule has 0 aliphatic heterocycles. The van der Waals surface area contributed by atoms with Gasteiger partial charge in [-0.1, -0.05) is 50.7 Å². The van der Waals surface area contributed by atoms with Crippen molar-refractivity contribution in [1.29, 1.82) is 0 Å². The van der Waals surface area contributed by atoms with Crippen molar-refractivity contribution >= 4 is 0 Å². The van der Waals surface area contributed by atoms with Gasteiger partial charge in [-0.05, 0) is 62.8 Å². The van der Waals surface area contributed by atoms with E-state index >= 15 is 0 Å². The molecule has 0 aromatic rings. The quantitative estimate of drug-likeness (QED) is 0.681. The maximum Gasteiger partial charge on any atom is -0.00142 e. The smallest absolute Gasteiger partial charge is 0.00142 e. The Labute approximate surface area is 120 Å². The molecule has 0 heterocycles. The lowest BCUT2D eigenvalue weighted by molar-refractivity contribution is 0.169. The van der Waals surface area contributed by atoms with Crippen LogP contribution in [0.25, 0.3) is 0 Å². The predicted molar refractivity (Wildman–Crippen MR) is 84.1 cm³/mol. The first-order valence-electron chi connectivity index (χ1n) is 8.65. The van der Waals surface area contributed by atoms with Crippen molar-refractivity contribution in [3.63, 3.8) is 0 Å². The molecule has 0 radical (unpaired) electrons. The summed E-state index contributed by atoms with van der Waals surface area (Å²) in [5.41, 5.74) is 8.17. The monoisotopic (exact) mass is 263 g/mol. The molecule has 2 N–H and O–H groups in total. The van der Waals surface area contributed by atoms with Gasteiger partial charge >= 0.3 is 0 Å². The van der Waals surface area contributed by atoms with Crippen LogP contribution in [0.15, 0.2) is 11.6 Å². The summed E-state index contributed by atoms with van der Waals surface area (Å²) in [5, 5.41) is 0. The van der Waals surface area contributed by atoms with E-state index < -0.39 is 0 Å². The van der Waals surface area contributed by atoms with Gasteiger partial charge in [0.05, 0.1) is 0 Å². The third-order valence-electron chi connectivity index (χ3n) is 5.65. The van der Waals surface area contributed by atoms with Gasteiger partial charge in [-0.2, -0.15) is 0 Å². The summed E-state index contributed by atoms with van der Waals surface area (Å²) in [7, 11) is 0. The van der Waals surface area contributed by atoms with Crippen LogP contribution in [0, 0.1) is 11.3 Å². The number of nitrogens with two attached hydrogens (primary N) is 1. The van der Waals surface area contributed by atoms with E-state index in [2.05, 4.69) is 13.0 Å². The van der Waals surface area contributed by atoms with Crippen molar-refractivity contribution in [2.75, 3.05) is 6.54 Å². The first-order valence-corrected chi connectivity index (χ1v) is 8.65. The summed E-state index contributed by atoms with van der Waals surface area (Å²) in [6.45, 7) is 3.11. The molecule has 1 atom stereocenters. The van der Waals surface area contributed by atoms with Gasteiger partial charge in [0.1, 0.15) is 0 Å². The molecular formula is C18H33N. The molecule has 0 amide bonds. The van der Waals surface area contributed by atoms with E-state index in [0.717, 1.165) is 6.54 Å². The van der Waals surface area contributed by atoms with Gasteiger partial charge in [0, 0.05) is 0 Å². The second-order valence-corrected chi connectivity index (χ2v) is 7.08. The minimum Gasteiger partial charge on any atom is -0.330 e. The zero-order valence-electron chi connectivity index (χ0n) is 12.9. The summed E-state index contributed by atoms with van der Waals surface area (Å²) >= 11 is 0. The highest BCUT2D eigenvalue weighted by atomic mass is 14.5. The number of hydrogen-bond acceptors (Lipinski definition) is 1. The van der Waals surface area contributed by atoms with Crippen LogP contribution >= 0.6 is 0 Å². The second-order valence-electron chi connectivity index (χ2n) is 7.08. The van der Waals surface area contributed by atoms with E-state index in [1.807, 2.05) is 0 Å². The van der Waals surface area contributed by atoms with Crippen LogP contribution < -0.4 is 5.73 Å². The van der Waals surface area contributed by atoms with Gasteiger partial charge in [-0.3, -0.25) is 0 Å². The molecule has 0 aromatic heterocycles. The van der Waals surface area contributed by atoms with E-state index in [1.165, 1.54) is 77.0 Å². The molecule has 0 saturated heterocycles. The van der Waals surface area contributed by atoms with Crippen molar-refractivity contribution in [3.05, 3.63) is 11.6 Å². The average molecular weight is 263 g/mol. The number of hydrogen-bond donors (Lipinski definition) is 1. The maximum atomic E-state index is 5.83. The Balaban J connectivity index is 1.96. The van der Waals surface area contributed by atoms with Crippen LogP contribution in [-0.2, 0) is 0 Å².